The second kappa shape index (κ2) is 29.5. The van der Waals surface area contributed by atoms with Gasteiger partial charge in [0, 0.05) is 6.54 Å². The minimum atomic E-state index is -0.743. The Hall–Kier alpha value is -2.47. The van der Waals surface area contributed by atoms with E-state index in [-0.39, 0.29) is 12.5 Å². The highest BCUT2D eigenvalue weighted by Gasteiger charge is 2.39. The molecule has 1 fully saturated rings. The summed E-state index contributed by atoms with van der Waals surface area (Å²) in [5.74, 6) is 0.568. The monoisotopic (exact) mass is 470 g/mol. The Kier molecular flexibility index (Phi) is 39.6. The van der Waals surface area contributed by atoms with Crippen LogP contribution < -0.4 is 5.32 Å². The topological polar surface area (TPSA) is 75.7 Å². The van der Waals surface area contributed by atoms with Crippen molar-refractivity contribution >= 4 is 18.3 Å². The summed E-state index contributed by atoms with van der Waals surface area (Å²) < 4.78 is 5.04. The molecule has 0 aromatic rings. The molecule has 0 unspecified atom stereocenters. The second-order valence-electron chi connectivity index (χ2n) is 7.71. The van der Waals surface area contributed by atoms with Crippen LogP contribution in [0, 0.1) is 31.6 Å². The molecule has 6 nitrogen and oxygen atoms in total. The van der Waals surface area contributed by atoms with Crippen LogP contribution in [0.1, 0.15) is 103 Å². The van der Waals surface area contributed by atoms with Crippen molar-refractivity contribution in [3.05, 3.63) is 0 Å². The molecule has 1 saturated heterocycles. The summed E-state index contributed by atoms with van der Waals surface area (Å²) in [6.07, 6.45) is 17.6. The molecule has 33 heavy (non-hydrogen) atoms. The Labute approximate surface area is 206 Å². The molecule has 2 amide bonds. The summed E-state index contributed by atoms with van der Waals surface area (Å²) in [6, 6.07) is 0. The van der Waals surface area contributed by atoms with Gasteiger partial charge in [0.1, 0.15) is 18.4 Å². The Morgan fingerprint density at radius 3 is 1.67 bits per heavy atom. The normalized spacial score (nSPS) is 15.0. The number of nitrogens with zero attached hydrogens (tertiary/aromatic N) is 1. The first-order valence-electron chi connectivity index (χ1n) is 11.8. The van der Waals surface area contributed by atoms with E-state index in [0.29, 0.717) is 13.0 Å². The molecule has 1 heterocycles. The number of nitrogens with one attached hydrogen (secondary N) is 1. The fourth-order valence-corrected chi connectivity index (χ4v) is 2.07. The van der Waals surface area contributed by atoms with Crippen LogP contribution in [0.2, 0.25) is 0 Å². The van der Waals surface area contributed by atoms with Crippen molar-refractivity contribution in [1.29, 1.82) is 0 Å². The predicted molar refractivity (Wildman–Crippen MR) is 144 cm³/mol. The molecular weight excluding hydrogens is 416 g/mol. The fraction of sp³-hybridized carbons (Fsp3) is 0.741. The molecule has 196 valence electrons. The Balaban J connectivity index is -0.000000109. The maximum atomic E-state index is 12.0. The number of terminal acetylenes is 2. The molecule has 1 aliphatic rings. The van der Waals surface area contributed by atoms with E-state index in [2.05, 4.69) is 51.8 Å². The quantitative estimate of drug-likeness (QED) is 0.386. The Morgan fingerprint density at radius 1 is 1.00 bits per heavy atom. The van der Waals surface area contributed by atoms with Gasteiger partial charge in [-0.25, -0.2) is 4.79 Å². The van der Waals surface area contributed by atoms with Gasteiger partial charge in [-0.3, -0.25) is 4.79 Å². The predicted octanol–water partition coefficient (Wildman–Crippen LogP) is 6.33. The van der Waals surface area contributed by atoms with Gasteiger partial charge in [-0.2, -0.15) is 0 Å². The van der Waals surface area contributed by atoms with Crippen molar-refractivity contribution in [3.8, 4) is 25.7 Å². The zero-order valence-corrected chi connectivity index (χ0v) is 23.9. The molecule has 6 heteroatoms. The lowest BCUT2D eigenvalue weighted by Gasteiger charge is -2.30. The first-order chi connectivity index (χ1) is 15.4. The molecule has 0 aromatic heterocycles. The van der Waals surface area contributed by atoms with Crippen LogP contribution >= 0.6 is 0 Å². The Morgan fingerprint density at radius 2 is 1.36 bits per heavy atom. The molecule has 0 aliphatic carbocycles. The lowest BCUT2D eigenvalue weighted by Crippen LogP contribution is -2.50. The van der Waals surface area contributed by atoms with E-state index in [1.807, 2.05) is 41.5 Å². The van der Waals surface area contributed by atoms with Crippen LogP contribution in [0.5, 0.6) is 0 Å². The number of amides is 2. The summed E-state index contributed by atoms with van der Waals surface area (Å²) in [5.41, 5.74) is -1.34. The number of likely N-dealkylation sites (tertiary alicyclic amines) is 1. The third-order valence-corrected chi connectivity index (χ3v) is 3.02. The molecule has 1 aliphatic heterocycles. The molecule has 1 rings (SSSR count). The maximum absolute atomic E-state index is 12.0. The first-order valence-corrected chi connectivity index (χ1v) is 11.8. The van der Waals surface area contributed by atoms with Gasteiger partial charge in [0.15, 0.2) is 0 Å². The van der Waals surface area contributed by atoms with Gasteiger partial charge in [-0.1, -0.05) is 62.3 Å². The Bertz CT molecular complexity index is 483. The van der Waals surface area contributed by atoms with E-state index in [1.165, 1.54) is 4.90 Å². The number of rotatable bonds is 3. The molecule has 0 bridgehead atoms. The lowest BCUT2D eigenvalue weighted by molar-refractivity contribution is -0.137. The number of alkyl carbamates (subject to hydrolysis) is 1. The number of carbonyl (C=O) groups is 3. The minimum absolute atomic E-state index is 0.154. The SMILES string of the molecule is C#C.C#C.CC.CC.CC.CC(C)(C)OC(=O)NCC(=O)N1CCC[C@@]1(C)C=O.CC(C)C. The number of hydrogen-bond donors (Lipinski definition) is 1. The summed E-state index contributed by atoms with van der Waals surface area (Å²) in [6.45, 7) is 25.9. The van der Waals surface area contributed by atoms with Crippen LogP contribution in [0.4, 0.5) is 4.79 Å². The highest BCUT2D eigenvalue weighted by molar-refractivity contribution is 5.86. The molecule has 1 N–H and O–H groups in total. The number of carbonyl (C=O) groups excluding carboxylic acids is 3. The van der Waals surface area contributed by atoms with Gasteiger partial charge < -0.3 is 19.7 Å². The van der Waals surface area contributed by atoms with Gasteiger partial charge in [-0.15, -0.1) is 25.7 Å². The smallest absolute Gasteiger partial charge is 0.408 e. The summed E-state index contributed by atoms with van der Waals surface area (Å²) in [5, 5.41) is 2.41. The molecule has 0 radical (unpaired) electrons. The molecule has 0 saturated carbocycles. The van der Waals surface area contributed by atoms with E-state index < -0.39 is 17.2 Å². The standard InChI is InChI=1S/C13H22N2O4.C4H10.3C2H6.2C2H2/c1-12(2,3)19-11(18)14-8-10(17)15-7-5-6-13(15,4)9-16;1-4(2)3;5*1-2/h9H,5-8H2,1-4H3,(H,14,18);4H,1-3H3;3*1-2H3;2*1-2H/t13-;;;;;;/m0....../s1. The molecule has 0 spiro atoms. The van der Waals surface area contributed by atoms with Gasteiger partial charge in [0.05, 0.1) is 5.54 Å². The van der Waals surface area contributed by atoms with Gasteiger partial charge in [0.2, 0.25) is 5.91 Å². The van der Waals surface area contributed by atoms with E-state index in [0.717, 1.165) is 18.6 Å². The van der Waals surface area contributed by atoms with E-state index >= 15 is 0 Å². The van der Waals surface area contributed by atoms with Crippen molar-refractivity contribution in [2.24, 2.45) is 5.92 Å². The highest BCUT2D eigenvalue weighted by Crippen LogP contribution is 2.26. The van der Waals surface area contributed by atoms with Crippen LogP contribution in [0.3, 0.4) is 0 Å². The zero-order valence-electron chi connectivity index (χ0n) is 23.9. The van der Waals surface area contributed by atoms with Crippen LogP contribution in [0.25, 0.3) is 0 Å². The third kappa shape index (κ3) is 29.5. The molecule has 1 atom stereocenters. The number of hydrogen-bond acceptors (Lipinski definition) is 4. The zero-order chi connectivity index (χ0) is 28.3. The van der Waals surface area contributed by atoms with Crippen molar-refractivity contribution in [2.45, 2.75) is 114 Å². The van der Waals surface area contributed by atoms with Crippen LogP contribution in [-0.4, -0.2) is 47.4 Å². The third-order valence-electron chi connectivity index (χ3n) is 3.02. The molecular formula is C27H54N2O4. The average molecular weight is 471 g/mol. The van der Waals surface area contributed by atoms with Crippen molar-refractivity contribution < 1.29 is 19.1 Å². The van der Waals surface area contributed by atoms with E-state index in [9.17, 15) is 14.4 Å². The van der Waals surface area contributed by atoms with Crippen molar-refractivity contribution in [1.82, 2.24) is 10.2 Å². The summed E-state index contributed by atoms with van der Waals surface area (Å²) in [4.78, 5) is 36.0. The first kappa shape index (κ1) is 44.2. The van der Waals surface area contributed by atoms with Crippen molar-refractivity contribution in [2.75, 3.05) is 13.1 Å². The largest absolute Gasteiger partial charge is 0.444 e. The maximum Gasteiger partial charge on any atom is 0.408 e. The lowest BCUT2D eigenvalue weighted by atomic mass is 10.0. The number of aldehydes is 1. The minimum Gasteiger partial charge on any atom is -0.444 e. The second-order valence-corrected chi connectivity index (χ2v) is 7.71. The van der Waals surface area contributed by atoms with Crippen LogP contribution in [-0.2, 0) is 14.3 Å². The average Bonchev–Trinajstić information content (AvgIpc) is 3.20. The van der Waals surface area contributed by atoms with Gasteiger partial charge >= 0.3 is 6.09 Å². The van der Waals surface area contributed by atoms with E-state index in [1.54, 1.807) is 27.7 Å². The number of ether oxygens (including phenoxy) is 1. The van der Waals surface area contributed by atoms with Gasteiger partial charge in [0.25, 0.3) is 0 Å². The van der Waals surface area contributed by atoms with Crippen LogP contribution in [0.15, 0.2) is 0 Å². The highest BCUT2D eigenvalue weighted by atomic mass is 16.6. The van der Waals surface area contributed by atoms with Crippen molar-refractivity contribution in [3.63, 3.8) is 0 Å². The molecule has 0 aromatic carbocycles. The van der Waals surface area contributed by atoms with Gasteiger partial charge in [-0.05, 0) is 46.5 Å². The fourth-order valence-electron chi connectivity index (χ4n) is 2.07. The van der Waals surface area contributed by atoms with E-state index in [4.69, 9.17) is 4.74 Å². The summed E-state index contributed by atoms with van der Waals surface area (Å²) in [7, 11) is 0. The summed E-state index contributed by atoms with van der Waals surface area (Å²) >= 11 is 0.